The van der Waals surface area contributed by atoms with Gasteiger partial charge in [-0.1, -0.05) is 23.8 Å². The van der Waals surface area contributed by atoms with Gasteiger partial charge in [0.05, 0.1) is 11.4 Å². The Morgan fingerprint density at radius 2 is 1.95 bits per heavy atom. The second kappa shape index (κ2) is 5.45. The van der Waals surface area contributed by atoms with Crippen LogP contribution in [0.4, 0.5) is 5.82 Å². The third-order valence-electron chi connectivity index (χ3n) is 4.03. The molecule has 0 aliphatic rings. The van der Waals surface area contributed by atoms with Gasteiger partial charge in [-0.2, -0.15) is 0 Å². The second-order valence-electron chi connectivity index (χ2n) is 5.48. The van der Waals surface area contributed by atoms with Crippen molar-refractivity contribution in [2.45, 2.75) is 26.8 Å². The predicted molar refractivity (Wildman–Crippen MR) is 90.1 cm³/mol. The van der Waals surface area contributed by atoms with E-state index in [1.54, 1.807) is 17.7 Å². The van der Waals surface area contributed by atoms with Gasteiger partial charge in [-0.25, -0.2) is 9.97 Å². The van der Waals surface area contributed by atoms with E-state index < -0.39 is 0 Å². The van der Waals surface area contributed by atoms with Crippen molar-refractivity contribution in [2.75, 3.05) is 11.9 Å². The quantitative estimate of drug-likeness (QED) is 0.712. The monoisotopic (exact) mass is 297 g/mol. The molecule has 108 valence electrons. The molecule has 0 spiro atoms. The number of hydrogen-bond donors (Lipinski definition) is 0. The van der Waals surface area contributed by atoms with Gasteiger partial charge < -0.3 is 4.90 Å². The summed E-state index contributed by atoms with van der Waals surface area (Å²) in [7, 11) is 2.10. The molecule has 4 heteroatoms. The van der Waals surface area contributed by atoms with Crippen LogP contribution in [-0.4, -0.2) is 17.0 Å². The van der Waals surface area contributed by atoms with E-state index in [9.17, 15) is 0 Å². The summed E-state index contributed by atoms with van der Waals surface area (Å²) in [6.07, 6.45) is 1.65. The molecule has 0 amide bonds. The normalized spacial score (nSPS) is 12.6. The average Bonchev–Trinajstić information content (AvgIpc) is 2.94. The molecule has 21 heavy (non-hydrogen) atoms. The number of fused-ring (bicyclic) bond motifs is 1. The lowest BCUT2D eigenvalue weighted by molar-refractivity contribution is 0.726. The van der Waals surface area contributed by atoms with E-state index in [0.717, 1.165) is 16.0 Å². The summed E-state index contributed by atoms with van der Waals surface area (Å²) in [5.74, 6) is 0.994. The van der Waals surface area contributed by atoms with Gasteiger partial charge >= 0.3 is 0 Å². The van der Waals surface area contributed by atoms with E-state index in [4.69, 9.17) is 0 Å². The lowest BCUT2D eigenvalue weighted by atomic mass is 9.99. The Balaban J connectivity index is 2.01. The Morgan fingerprint density at radius 1 is 1.14 bits per heavy atom. The van der Waals surface area contributed by atoms with Crippen molar-refractivity contribution < 1.29 is 0 Å². The summed E-state index contributed by atoms with van der Waals surface area (Å²) in [6.45, 7) is 6.52. The van der Waals surface area contributed by atoms with Crippen LogP contribution in [0, 0.1) is 13.8 Å². The molecular formula is C17H19N3S. The number of benzene rings is 1. The van der Waals surface area contributed by atoms with Gasteiger partial charge in [-0.15, -0.1) is 11.3 Å². The molecule has 3 aromatic rings. The highest BCUT2D eigenvalue weighted by atomic mass is 32.1. The van der Waals surface area contributed by atoms with E-state index in [2.05, 4.69) is 72.3 Å². The van der Waals surface area contributed by atoms with Crippen molar-refractivity contribution in [3.63, 3.8) is 0 Å². The maximum Gasteiger partial charge on any atom is 0.141 e. The molecule has 0 aliphatic heterocycles. The first-order valence-electron chi connectivity index (χ1n) is 7.06. The third kappa shape index (κ3) is 2.51. The van der Waals surface area contributed by atoms with Gasteiger partial charge in [0.2, 0.25) is 0 Å². The molecule has 0 fully saturated rings. The van der Waals surface area contributed by atoms with E-state index in [0.29, 0.717) is 0 Å². The molecule has 2 heterocycles. The lowest BCUT2D eigenvalue weighted by Crippen LogP contribution is -2.23. The molecule has 0 aliphatic carbocycles. The molecule has 0 N–H and O–H groups in total. The number of anilines is 1. The van der Waals surface area contributed by atoms with Crippen LogP contribution in [0.5, 0.6) is 0 Å². The minimum atomic E-state index is 0.267. The summed E-state index contributed by atoms with van der Waals surface area (Å²) in [4.78, 5) is 12.1. The van der Waals surface area contributed by atoms with Crippen LogP contribution in [0.25, 0.3) is 10.2 Å². The van der Waals surface area contributed by atoms with Crippen LogP contribution < -0.4 is 4.90 Å². The number of aryl methyl sites for hydroxylation is 2. The Kier molecular flexibility index (Phi) is 3.64. The minimum absolute atomic E-state index is 0.267. The molecular weight excluding hydrogens is 278 g/mol. The molecule has 1 aromatic carbocycles. The SMILES string of the molecule is Cc1ccc([C@H](C)N(C)c2ncnc3sccc23)c(C)c1. The molecule has 3 nitrogen and oxygen atoms in total. The fraction of sp³-hybridized carbons (Fsp3) is 0.294. The van der Waals surface area contributed by atoms with E-state index >= 15 is 0 Å². The van der Waals surface area contributed by atoms with Crippen molar-refractivity contribution >= 4 is 27.4 Å². The zero-order chi connectivity index (χ0) is 15.0. The van der Waals surface area contributed by atoms with Crippen LogP contribution in [0.15, 0.2) is 36.0 Å². The molecule has 1 atom stereocenters. The third-order valence-corrected chi connectivity index (χ3v) is 4.85. The van der Waals surface area contributed by atoms with Crippen LogP contribution in [-0.2, 0) is 0 Å². The summed E-state index contributed by atoms with van der Waals surface area (Å²) >= 11 is 1.65. The van der Waals surface area contributed by atoms with Crippen molar-refractivity contribution in [1.29, 1.82) is 0 Å². The molecule has 0 unspecified atom stereocenters. The Bertz CT molecular complexity index is 779. The number of hydrogen-bond acceptors (Lipinski definition) is 4. The van der Waals surface area contributed by atoms with Gasteiger partial charge in [0.25, 0.3) is 0 Å². The topological polar surface area (TPSA) is 29.0 Å². The first kappa shape index (κ1) is 14.0. The van der Waals surface area contributed by atoms with Crippen LogP contribution in [0.1, 0.15) is 29.7 Å². The number of aromatic nitrogens is 2. The zero-order valence-electron chi connectivity index (χ0n) is 12.8. The van der Waals surface area contributed by atoms with Crippen molar-refractivity contribution in [2.24, 2.45) is 0 Å². The second-order valence-corrected chi connectivity index (χ2v) is 6.38. The molecule has 0 radical (unpaired) electrons. The maximum absolute atomic E-state index is 4.49. The van der Waals surface area contributed by atoms with E-state index in [-0.39, 0.29) is 6.04 Å². The first-order valence-corrected chi connectivity index (χ1v) is 7.94. The van der Waals surface area contributed by atoms with Gasteiger partial charge in [0.15, 0.2) is 0 Å². The average molecular weight is 297 g/mol. The highest BCUT2D eigenvalue weighted by molar-refractivity contribution is 7.16. The smallest absolute Gasteiger partial charge is 0.141 e. The molecule has 2 aromatic heterocycles. The highest BCUT2D eigenvalue weighted by Crippen LogP contribution is 2.32. The maximum atomic E-state index is 4.49. The standard InChI is InChI=1S/C17H19N3S/c1-11-5-6-14(12(2)9-11)13(3)20(4)16-15-7-8-21-17(15)19-10-18-16/h5-10,13H,1-4H3/t13-/m0/s1. The van der Waals surface area contributed by atoms with Crippen molar-refractivity contribution in [3.8, 4) is 0 Å². The van der Waals surface area contributed by atoms with Gasteiger partial charge in [-0.05, 0) is 43.3 Å². The van der Waals surface area contributed by atoms with Gasteiger partial charge in [0, 0.05) is 7.05 Å². The number of nitrogens with zero attached hydrogens (tertiary/aromatic N) is 3. The van der Waals surface area contributed by atoms with Crippen molar-refractivity contribution in [1.82, 2.24) is 9.97 Å². The summed E-state index contributed by atoms with van der Waals surface area (Å²) < 4.78 is 0. The van der Waals surface area contributed by atoms with E-state index in [1.165, 1.54) is 16.7 Å². The lowest BCUT2D eigenvalue weighted by Gasteiger charge is -2.28. The van der Waals surface area contributed by atoms with Gasteiger partial charge in [-0.3, -0.25) is 0 Å². The zero-order valence-corrected chi connectivity index (χ0v) is 13.6. The van der Waals surface area contributed by atoms with E-state index in [1.807, 2.05) is 0 Å². The minimum Gasteiger partial charge on any atom is -0.352 e. The van der Waals surface area contributed by atoms with Crippen molar-refractivity contribution in [3.05, 3.63) is 52.7 Å². The number of rotatable bonds is 3. The summed E-state index contributed by atoms with van der Waals surface area (Å²) in [5.41, 5.74) is 3.96. The largest absolute Gasteiger partial charge is 0.352 e. The Labute approximate surface area is 129 Å². The summed E-state index contributed by atoms with van der Waals surface area (Å²) in [6, 6.07) is 8.99. The van der Waals surface area contributed by atoms with Gasteiger partial charge in [0.1, 0.15) is 17.0 Å². The fourth-order valence-electron chi connectivity index (χ4n) is 2.74. The summed E-state index contributed by atoms with van der Waals surface area (Å²) in [5, 5.41) is 3.19. The molecule has 0 saturated heterocycles. The first-order chi connectivity index (χ1) is 10.1. The highest BCUT2D eigenvalue weighted by Gasteiger charge is 2.18. The van der Waals surface area contributed by atoms with Crippen LogP contribution >= 0.6 is 11.3 Å². The Morgan fingerprint density at radius 3 is 2.71 bits per heavy atom. The predicted octanol–water partition coefficient (Wildman–Crippen LogP) is 4.51. The van der Waals surface area contributed by atoms with Crippen LogP contribution in [0.3, 0.4) is 0 Å². The number of thiophene rings is 1. The molecule has 3 rings (SSSR count). The molecule has 0 saturated carbocycles. The Hall–Kier alpha value is -1.94. The van der Waals surface area contributed by atoms with Crippen LogP contribution in [0.2, 0.25) is 0 Å². The fourth-order valence-corrected chi connectivity index (χ4v) is 3.47. The molecule has 0 bridgehead atoms.